The molecule has 0 radical (unpaired) electrons. The molecule has 9 nitrogen and oxygen atoms in total. The lowest BCUT2D eigenvalue weighted by molar-refractivity contribution is -0.130. The Kier molecular flexibility index (Phi) is 11.3. The molecule has 0 spiro atoms. The van der Waals surface area contributed by atoms with E-state index in [4.69, 9.17) is 14.5 Å². The number of amides is 2. The third kappa shape index (κ3) is 7.52. The van der Waals surface area contributed by atoms with Crippen molar-refractivity contribution in [2.45, 2.75) is 76.9 Å². The number of aliphatic hydroxyl groups excluding tert-OH is 2. The summed E-state index contributed by atoms with van der Waals surface area (Å²) in [5, 5.41) is 29.0. The Labute approximate surface area is 397 Å². The molecule has 2 N–H and O–H groups in total. The molecule has 4 heterocycles. The quantitative estimate of drug-likeness (QED) is 0.122. The van der Waals surface area contributed by atoms with E-state index in [1.807, 2.05) is 70.5 Å². The smallest absolute Gasteiger partial charge is 0.223 e. The van der Waals surface area contributed by atoms with Crippen LogP contribution >= 0.6 is 15.9 Å². The van der Waals surface area contributed by atoms with Gasteiger partial charge in [0.05, 0.1) is 38.8 Å². The van der Waals surface area contributed by atoms with E-state index in [1.165, 1.54) is 38.4 Å². The average molecular weight is 953 g/mol. The van der Waals surface area contributed by atoms with Crippen molar-refractivity contribution in [2.24, 2.45) is 4.99 Å². The molecule has 0 aromatic heterocycles. The van der Waals surface area contributed by atoms with Gasteiger partial charge in [0.1, 0.15) is 11.5 Å². The monoisotopic (exact) mass is 951 g/mol. The molecule has 12 rings (SSSR count). The number of aliphatic imine (C=N–C) groups is 1. The van der Waals surface area contributed by atoms with Crippen molar-refractivity contribution >= 4 is 82.2 Å². The summed E-state index contributed by atoms with van der Waals surface area (Å²) in [5.74, 6) is 1.85. The van der Waals surface area contributed by atoms with E-state index in [0.717, 1.165) is 90.7 Å². The lowest BCUT2D eigenvalue weighted by atomic mass is 9.84. The van der Waals surface area contributed by atoms with Gasteiger partial charge in [0.25, 0.3) is 0 Å². The Morgan fingerprint density at radius 3 is 1.51 bits per heavy atom. The molecule has 4 aliphatic heterocycles. The maximum atomic E-state index is 12.7. The molecule has 0 bridgehead atoms. The van der Waals surface area contributed by atoms with E-state index in [-0.39, 0.29) is 31.1 Å². The van der Waals surface area contributed by atoms with Gasteiger partial charge in [-0.15, -0.1) is 0 Å². The molecule has 67 heavy (non-hydrogen) atoms. The molecule has 8 aromatic rings. The predicted octanol–water partition coefficient (Wildman–Crippen LogP) is 11.0. The number of ether oxygens (including phenoxy) is 2. The molecule has 2 atom stereocenters. The van der Waals surface area contributed by atoms with Gasteiger partial charge >= 0.3 is 0 Å². The van der Waals surface area contributed by atoms with Crippen molar-refractivity contribution < 1.29 is 29.3 Å². The lowest BCUT2D eigenvalue weighted by Gasteiger charge is -2.33. The molecular formula is C57H50BrN3O6. The molecule has 336 valence electrons. The molecule has 8 aromatic carbocycles. The van der Waals surface area contributed by atoms with Gasteiger partial charge in [0.15, 0.2) is 0 Å². The second-order valence-corrected chi connectivity index (χ2v) is 19.0. The van der Waals surface area contributed by atoms with Crippen LogP contribution in [0.2, 0.25) is 0 Å². The summed E-state index contributed by atoms with van der Waals surface area (Å²) in [5.41, 5.74) is 10.5. The highest BCUT2D eigenvalue weighted by Gasteiger charge is 2.38. The number of methoxy groups -OCH3 is 2. The first-order valence-electron chi connectivity index (χ1n) is 23.1. The van der Waals surface area contributed by atoms with Crippen LogP contribution < -0.4 is 9.47 Å². The Hall–Kier alpha value is -6.59. The first-order valence-corrected chi connectivity index (χ1v) is 23.9. The van der Waals surface area contributed by atoms with E-state index < -0.39 is 0 Å². The third-order valence-corrected chi connectivity index (χ3v) is 15.0. The number of carbonyl (C=O) groups is 2. The summed E-state index contributed by atoms with van der Waals surface area (Å²) < 4.78 is 12.2. The average Bonchev–Trinajstić information content (AvgIpc) is 3.93. The Balaban J connectivity index is 0.000000159. The van der Waals surface area contributed by atoms with Crippen LogP contribution in [0.25, 0.3) is 43.1 Å². The summed E-state index contributed by atoms with van der Waals surface area (Å²) in [7, 11) is 3.26. The topological polar surface area (TPSA) is 112 Å². The first-order chi connectivity index (χ1) is 32.7. The zero-order chi connectivity index (χ0) is 45.9. The van der Waals surface area contributed by atoms with Crippen molar-refractivity contribution in [3.8, 4) is 11.5 Å². The van der Waals surface area contributed by atoms with Crippen LogP contribution in [0, 0.1) is 0 Å². The predicted molar refractivity (Wildman–Crippen MR) is 268 cm³/mol. The van der Waals surface area contributed by atoms with Crippen LogP contribution in [0.5, 0.6) is 11.5 Å². The SMILES string of the molecule is COc1cc2c3c(c4ccc(Br)cc4c2cc1CO)C[C@@H]1CCC(=O)N1C3.COc1cc2c3c(c4ccc(N=C(c5ccccc5)c5ccccc5)cc4c2cc1CO)C[C@@H]1CCC(=O)N1C3. The van der Waals surface area contributed by atoms with Crippen molar-refractivity contribution in [1.82, 2.24) is 9.80 Å². The van der Waals surface area contributed by atoms with Crippen LogP contribution in [-0.2, 0) is 48.7 Å². The van der Waals surface area contributed by atoms with Crippen LogP contribution in [0.1, 0.15) is 70.2 Å². The van der Waals surface area contributed by atoms with Gasteiger partial charge in [-0.3, -0.25) is 9.59 Å². The van der Waals surface area contributed by atoms with Crippen LogP contribution in [0.15, 0.2) is 131 Å². The molecule has 10 heteroatoms. The summed E-state index contributed by atoms with van der Waals surface area (Å²) in [6, 6.07) is 42.1. The maximum absolute atomic E-state index is 12.7. The van der Waals surface area contributed by atoms with Crippen LogP contribution in [0.3, 0.4) is 0 Å². The summed E-state index contributed by atoms with van der Waals surface area (Å²) in [4.78, 5) is 34.3. The molecule has 2 fully saturated rings. The second-order valence-electron chi connectivity index (χ2n) is 18.1. The van der Waals surface area contributed by atoms with Gasteiger partial charge in [0, 0.05) is 64.7 Å². The minimum Gasteiger partial charge on any atom is -0.496 e. The molecular weight excluding hydrogens is 903 g/mol. The fourth-order valence-corrected chi connectivity index (χ4v) is 11.6. The highest BCUT2D eigenvalue weighted by atomic mass is 79.9. The van der Waals surface area contributed by atoms with Gasteiger partial charge in [0.2, 0.25) is 11.8 Å². The van der Waals surface area contributed by atoms with Crippen molar-refractivity contribution in [1.29, 1.82) is 0 Å². The molecule has 2 saturated heterocycles. The first kappa shape index (κ1) is 43.0. The van der Waals surface area contributed by atoms with E-state index in [0.29, 0.717) is 43.5 Å². The number of aliphatic hydroxyl groups is 2. The normalized spacial score (nSPS) is 17.3. The Morgan fingerprint density at radius 1 is 0.567 bits per heavy atom. The number of fused-ring (bicyclic) bond motifs is 14. The van der Waals surface area contributed by atoms with Crippen molar-refractivity contribution in [3.63, 3.8) is 0 Å². The van der Waals surface area contributed by atoms with Gasteiger partial charge in [-0.1, -0.05) is 88.7 Å². The minimum atomic E-state index is -0.117. The molecule has 0 unspecified atom stereocenters. The third-order valence-electron chi connectivity index (χ3n) is 14.6. The van der Waals surface area contributed by atoms with E-state index in [9.17, 15) is 19.8 Å². The number of carbonyl (C=O) groups excluding carboxylic acids is 2. The highest BCUT2D eigenvalue weighted by molar-refractivity contribution is 9.10. The number of hydrogen-bond donors (Lipinski definition) is 2. The Bertz CT molecular complexity index is 3290. The molecule has 0 aliphatic carbocycles. The van der Waals surface area contributed by atoms with E-state index in [1.54, 1.807) is 14.2 Å². The fourth-order valence-electron chi connectivity index (χ4n) is 11.3. The minimum absolute atomic E-state index is 0.0711. The standard InChI is InChI=1S/C35H30N2O3.C22H20BrNO3/c1-40-33-19-31-28(16-24(33)21-38)29-17-25(36-35(22-8-4-2-5-9-22)23-10-6-3-7-11-23)12-14-27(29)30-18-26-13-15-34(39)37(26)20-32(30)31;1-27-21-9-19-16(6-12(21)11-25)17-7-13(23)2-4-15(17)18-8-14-3-5-22(26)24(14)10-20(18)19/h2-12,14,16-17,19,26,38H,13,15,18,20-21H2,1H3;2,4,6-7,9,14,25H,3,5,8,10-11H2,1H3/t26-;14-/m00/s1. The van der Waals surface area contributed by atoms with Crippen LogP contribution in [-0.4, -0.2) is 63.8 Å². The molecule has 4 aliphatic rings. The van der Waals surface area contributed by atoms with E-state index in [2.05, 4.69) is 76.6 Å². The van der Waals surface area contributed by atoms with Gasteiger partial charge in [-0.25, -0.2) is 4.99 Å². The van der Waals surface area contributed by atoms with Gasteiger partial charge in [-0.05, 0) is 140 Å². The van der Waals surface area contributed by atoms with Gasteiger partial charge in [-0.2, -0.15) is 0 Å². The van der Waals surface area contributed by atoms with E-state index >= 15 is 0 Å². The summed E-state index contributed by atoms with van der Waals surface area (Å²) in [6.07, 6.45) is 4.87. The van der Waals surface area contributed by atoms with Crippen LogP contribution in [0.4, 0.5) is 5.69 Å². The lowest BCUT2D eigenvalue weighted by Crippen LogP contribution is -2.38. The second kappa shape index (κ2) is 17.6. The number of halogens is 1. The number of rotatable bonds is 7. The highest BCUT2D eigenvalue weighted by Crippen LogP contribution is 2.45. The number of benzene rings is 8. The maximum Gasteiger partial charge on any atom is 0.223 e. The molecule has 0 saturated carbocycles. The summed E-state index contributed by atoms with van der Waals surface area (Å²) in [6.45, 7) is 1.08. The zero-order valence-electron chi connectivity index (χ0n) is 37.5. The number of nitrogens with zero attached hydrogens (tertiary/aromatic N) is 3. The number of hydrogen-bond acceptors (Lipinski definition) is 7. The van der Waals surface area contributed by atoms with Crippen molar-refractivity contribution in [2.75, 3.05) is 14.2 Å². The molecule has 2 amide bonds. The fraction of sp³-hybridized carbons (Fsp3) is 0.246. The Morgan fingerprint density at radius 2 is 1.03 bits per heavy atom. The zero-order valence-corrected chi connectivity index (χ0v) is 39.1. The van der Waals surface area contributed by atoms with Gasteiger partial charge < -0.3 is 29.5 Å². The summed E-state index contributed by atoms with van der Waals surface area (Å²) >= 11 is 3.60. The largest absolute Gasteiger partial charge is 0.496 e. The van der Waals surface area contributed by atoms with Crippen molar-refractivity contribution in [3.05, 3.63) is 170 Å².